The van der Waals surface area contributed by atoms with Crippen LogP contribution in [0, 0.1) is 0 Å². The highest BCUT2D eigenvalue weighted by Crippen LogP contribution is 2.33. The average molecular weight is 518 g/mol. The fourth-order valence-corrected chi connectivity index (χ4v) is 4.38. The Labute approximate surface area is 221 Å². The zero-order chi connectivity index (χ0) is 26.9. The second-order valence-electron chi connectivity index (χ2n) is 9.15. The third-order valence-corrected chi connectivity index (χ3v) is 6.25. The maximum Gasteiger partial charge on any atom is 0.407 e. The number of nitrogens with zero attached hydrogens (tertiary/aromatic N) is 1. The van der Waals surface area contributed by atoms with Gasteiger partial charge in [-0.1, -0.05) is 66.7 Å². The molecule has 198 valence electrons. The number of para-hydroxylation sites is 1. The molecule has 0 radical (unpaired) electrons. The Hall–Kier alpha value is -4.37. The highest BCUT2D eigenvalue weighted by atomic mass is 16.5. The van der Waals surface area contributed by atoms with E-state index in [1.54, 1.807) is 12.1 Å². The van der Waals surface area contributed by atoms with E-state index in [-0.39, 0.29) is 24.6 Å². The van der Waals surface area contributed by atoms with E-state index in [0.29, 0.717) is 36.4 Å². The number of likely N-dealkylation sites (N-methyl/N-ethyl adjacent to an activating group) is 1. The summed E-state index contributed by atoms with van der Waals surface area (Å²) in [7, 11) is 1.46. The minimum Gasteiger partial charge on any atom is -0.491 e. The van der Waals surface area contributed by atoms with Crippen molar-refractivity contribution in [1.82, 2.24) is 15.5 Å². The first kappa shape index (κ1) is 26.7. The van der Waals surface area contributed by atoms with Crippen LogP contribution in [0.5, 0.6) is 5.75 Å². The fourth-order valence-electron chi connectivity index (χ4n) is 4.38. The SMILES string of the molecule is CN(CC(=O)O)C(=O)c1ccccc1-c1ccccc1OC[C@@H]1C[C@@H](NC(=O)OCc2ccccc2)CN1. The van der Waals surface area contributed by atoms with E-state index in [1.165, 1.54) is 11.9 Å². The number of ether oxygens (including phenoxy) is 2. The maximum atomic E-state index is 13.0. The number of alkyl carbamates (subject to hydrolysis) is 1. The lowest BCUT2D eigenvalue weighted by atomic mass is 9.98. The number of carboxylic acid groups (broad SMARTS) is 1. The van der Waals surface area contributed by atoms with Crippen LogP contribution >= 0.6 is 0 Å². The molecule has 2 atom stereocenters. The van der Waals surface area contributed by atoms with Crippen molar-refractivity contribution in [3.63, 3.8) is 0 Å². The van der Waals surface area contributed by atoms with Gasteiger partial charge < -0.3 is 30.1 Å². The Morgan fingerprint density at radius 2 is 1.66 bits per heavy atom. The van der Waals surface area contributed by atoms with Gasteiger partial charge in [-0.05, 0) is 29.7 Å². The van der Waals surface area contributed by atoms with Crippen LogP contribution in [0.3, 0.4) is 0 Å². The highest BCUT2D eigenvalue weighted by Gasteiger charge is 2.27. The molecule has 4 rings (SSSR count). The van der Waals surface area contributed by atoms with Gasteiger partial charge in [0, 0.05) is 36.8 Å². The molecule has 1 heterocycles. The van der Waals surface area contributed by atoms with Crippen LogP contribution in [-0.4, -0.2) is 66.8 Å². The summed E-state index contributed by atoms with van der Waals surface area (Å²) in [6.07, 6.45) is 0.221. The Morgan fingerprint density at radius 1 is 0.974 bits per heavy atom. The van der Waals surface area contributed by atoms with Crippen LogP contribution in [0.2, 0.25) is 0 Å². The molecule has 3 aromatic carbocycles. The van der Waals surface area contributed by atoms with Crippen molar-refractivity contribution in [2.45, 2.75) is 25.1 Å². The predicted octanol–water partition coefficient (Wildman–Crippen LogP) is 3.55. The average Bonchev–Trinajstić information content (AvgIpc) is 3.37. The van der Waals surface area contributed by atoms with E-state index in [4.69, 9.17) is 14.6 Å². The normalized spacial score (nSPS) is 16.4. The van der Waals surface area contributed by atoms with Crippen molar-refractivity contribution in [3.05, 3.63) is 90.0 Å². The number of rotatable bonds is 10. The molecule has 9 nitrogen and oxygen atoms in total. The third-order valence-electron chi connectivity index (χ3n) is 6.25. The summed E-state index contributed by atoms with van der Waals surface area (Å²) in [5.74, 6) is -0.860. The smallest absolute Gasteiger partial charge is 0.407 e. The van der Waals surface area contributed by atoms with Crippen LogP contribution in [0.4, 0.5) is 4.79 Å². The van der Waals surface area contributed by atoms with Gasteiger partial charge in [0.15, 0.2) is 0 Å². The number of nitrogens with one attached hydrogen (secondary N) is 2. The first-order valence-corrected chi connectivity index (χ1v) is 12.4. The molecular formula is C29H31N3O6. The molecule has 2 amide bonds. The first-order chi connectivity index (χ1) is 18.4. The van der Waals surface area contributed by atoms with Crippen molar-refractivity contribution in [3.8, 4) is 16.9 Å². The van der Waals surface area contributed by atoms with Crippen LogP contribution in [0.1, 0.15) is 22.3 Å². The summed E-state index contributed by atoms with van der Waals surface area (Å²) >= 11 is 0. The van der Waals surface area contributed by atoms with Crippen LogP contribution in [0.15, 0.2) is 78.9 Å². The van der Waals surface area contributed by atoms with Gasteiger partial charge in [-0.15, -0.1) is 0 Å². The standard InChI is InChI=1S/C29H31N3O6/c1-32(17-27(33)34)28(35)25-13-6-5-11-23(25)24-12-7-8-14-26(24)37-19-22-15-21(16-30-22)31-29(36)38-18-20-9-3-2-4-10-20/h2-14,21-22,30H,15-19H2,1H3,(H,31,36)(H,33,34)/t21-,22+/m1/s1. The van der Waals surface area contributed by atoms with Gasteiger partial charge >= 0.3 is 12.1 Å². The lowest BCUT2D eigenvalue weighted by molar-refractivity contribution is -0.137. The van der Waals surface area contributed by atoms with E-state index >= 15 is 0 Å². The Kier molecular flexibility index (Phi) is 8.94. The Balaban J connectivity index is 1.35. The number of carbonyl (C=O) groups is 3. The zero-order valence-corrected chi connectivity index (χ0v) is 21.1. The molecule has 0 aromatic heterocycles. The number of hydrogen-bond acceptors (Lipinski definition) is 6. The molecule has 0 bridgehead atoms. The van der Waals surface area contributed by atoms with Crippen LogP contribution in [-0.2, 0) is 16.1 Å². The van der Waals surface area contributed by atoms with Crippen molar-refractivity contribution < 1.29 is 29.0 Å². The molecule has 3 aromatic rings. The largest absolute Gasteiger partial charge is 0.491 e. The summed E-state index contributed by atoms with van der Waals surface area (Å²) < 4.78 is 11.5. The van der Waals surface area contributed by atoms with Crippen molar-refractivity contribution in [1.29, 1.82) is 0 Å². The third kappa shape index (κ3) is 7.10. The summed E-state index contributed by atoms with van der Waals surface area (Å²) in [5, 5.41) is 15.3. The van der Waals surface area contributed by atoms with Gasteiger partial charge in [0.05, 0.1) is 0 Å². The van der Waals surface area contributed by atoms with Gasteiger partial charge in [0.1, 0.15) is 25.5 Å². The topological polar surface area (TPSA) is 117 Å². The summed E-state index contributed by atoms with van der Waals surface area (Å²) in [4.78, 5) is 37.4. The van der Waals surface area contributed by atoms with E-state index in [9.17, 15) is 14.4 Å². The molecule has 0 aliphatic carbocycles. The summed E-state index contributed by atoms with van der Waals surface area (Å²) in [6.45, 7) is 0.784. The van der Waals surface area contributed by atoms with Gasteiger partial charge in [-0.3, -0.25) is 9.59 Å². The molecule has 3 N–H and O–H groups in total. The van der Waals surface area contributed by atoms with Crippen molar-refractivity contribution in [2.75, 3.05) is 26.7 Å². The monoisotopic (exact) mass is 517 g/mol. The number of amides is 2. The molecule has 0 saturated carbocycles. The van der Waals surface area contributed by atoms with E-state index < -0.39 is 18.6 Å². The number of carboxylic acids is 1. The number of benzene rings is 3. The molecule has 38 heavy (non-hydrogen) atoms. The molecule has 1 aliphatic rings. The van der Waals surface area contributed by atoms with E-state index in [0.717, 1.165) is 11.1 Å². The maximum absolute atomic E-state index is 13.0. The minimum absolute atomic E-state index is 0.0149. The van der Waals surface area contributed by atoms with Crippen LogP contribution < -0.4 is 15.4 Å². The molecule has 1 aliphatic heterocycles. The fraction of sp³-hybridized carbons (Fsp3) is 0.276. The number of carbonyl (C=O) groups excluding carboxylic acids is 2. The van der Waals surface area contributed by atoms with Crippen molar-refractivity contribution in [2.24, 2.45) is 0 Å². The number of aliphatic carboxylic acids is 1. The second-order valence-corrected chi connectivity index (χ2v) is 9.15. The molecule has 1 saturated heterocycles. The zero-order valence-electron chi connectivity index (χ0n) is 21.1. The molecule has 0 spiro atoms. The van der Waals surface area contributed by atoms with Crippen molar-refractivity contribution >= 4 is 18.0 Å². The molecular weight excluding hydrogens is 486 g/mol. The lowest BCUT2D eigenvalue weighted by Gasteiger charge is -2.19. The lowest BCUT2D eigenvalue weighted by Crippen LogP contribution is -2.36. The summed E-state index contributed by atoms with van der Waals surface area (Å²) in [5.41, 5.74) is 2.71. The first-order valence-electron chi connectivity index (χ1n) is 12.4. The van der Waals surface area contributed by atoms with Gasteiger partial charge in [0.2, 0.25) is 0 Å². The predicted molar refractivity (Wildman–Crippen MR) is 142 cm³/mol. The van der Waals surface area contributed by atoms with E-state index in [2.05, 4.69) is 10.6 Å². The Morgan fingerprint density at radius 3 is 2.42 bits per heavy atom. The van der Waals surface area contributed by atoms with Gasteiger partial charge in [-0.25, -0.2) is 4.79 Å². The van der Waals surface area contributed by atoms with Gasteiger partial charge in [-0.2, -0.15) is 0 Å². The number of hydrogen-bond donors (Lipinski definition) is 3. The summed E-state index contributed by atoms with van der Waals surface area (Å²) in [6, 6.07) is 23.9. The quantitative estimate of drug-likeness (QED) is 0.377. The highest BCUT2D eigenvalue weighted by molar-refractivity contribution is 6.02. The minimum atomic E-state index is -1.08. The molecule has 0 unspecified atom stereocenters. The van der Waals surface area contributed by atoms with Gasteiger partial charge in [0.25, 0.3) is 5.91 Å². The Bertz CT molecular complexity index is 1270. The molecule has 9 heteroatoms. The van der Waals surface area contributed by atoms with Crippen LogP contribution in [0.25, 0.3) is 11.1 Å². The van der Waals surface area contributed by atoms with E-state index in [1.807, 2.05) is 66.7 Å². The molecule has 1 fully saturated rings. The second kappa shape index (κ2) is 12.7.